The first kappa shape index (κ1) is 21.4. The molecule has 0 radical (unpaired) electrons. The number of ether oxygens (including phenoxy) is 1. The number of aliphatic imine (C=N–C) groups is 1. The zero-order valence-electron chi connectivity index (χ0n) is 17.2. The third-order valence-electron chi connectivity index (χ3n) is 5.08. The fraction of sp³-hybridized carbons (Fsp3) is 0.455. The Labute approximate surface area is 178 Å². The summed E-state index contributed by atoms with van der Waals surface area (Å²) in [7, 11) is 1.71. The predicted molar refractivity (Wildman–Crippen MR) is 119 cm³/mol. The average molecular weight is 416 g/mol. The van der Waals surface area contributed by atoms with E-state index in [1.165, 1.54) is 18.4 Å². The van der Waals surface area contributed by atoms with Crippen molar-refractivity contribution < 1.29 is 4.74 Å². The highest BCUT2D eigenvalue weighted by Gasteiger charge is 2.24. The summed E-state index contributed by atoms with van der Waals surface area (Å²) in [6, 6.07) is 12.4. The lowest BCUT2D eigenvalue weighted by molar-refractivity contribution is 0.245. The molecule has 156 valence electrons. The predicted octanol–water partition coefficient (Wildman–Crippen LogP) is 3.64. The lowest BCUT2D eigenvalue weighted by atomic mass is 10.1. The number of nitrogens with zero attached hydrogens (tertiary/aromatic N) is 3. The van der Waals surface area contributed by atoms with E-state index in [0.717, 1.165) is 43.5 Å². The molecule has 1 atom stereocenters. The molecule has 1 aromatic carbocycles. The number of methoxy groups -OCH3 is 1. The van der Waals surface area contributed by atoms with Gasteiger partial charge in [0, 0.05) is 19.3 Å². The molecule has 3 rings (SSSR count). The van der Waals surface area contributed by atoms with Crippen LogP contribution in [0.2, 0.25) is 5.15 Å². The molecule has 7 heteroatoms. The summed E-state index contributed by atoms with van der Waals surface area (Å²) in [6.45, 7) is 6.44. The molecule has 1 saturated heterocycles. The maximum absolute atomic E-state index is 5.87. The lowest BCUT2D eigenvalue weighted by Gasteiger charge is -2.29. The van der Waals surface area contributed by atoms with Crippen molar-refractivity contribution in [2.45, 2.75) is 32.4 Å². The minimum absolute atomic E-state index is 0.272. The van der Waals surface area contributed by atoms with Crippen LogP contribution in [0.25, 0.3) is 0 Å². The molecule has 6 nitrogen and oxygen atoms in total. The largest absolute Gasteiger partial charge is 0.497 e. The van der Waals surface area contributed by atoms with Crippen LogP contribution >= 0.6 is 11.6 Å². The molecule has 2 heterocycles. The molecular weight excluding hydrogens is 386 g/mol. The molecule has 1 aromatic heterocycles. The van der Waals surface area contributed by atoms with E-state index in [-0.39, 0.29) is 6.04 Å². The van der Waals surface area contributed by atoms with Crippen molar-refractivity contribution in [3.8, 4) is 5.75 Å². The molecule has 0 aliphatic carbocycles. The van der Waals surface area contributed by atoms with Crippen molar-refractivity contribution in [2.75, 3.05) is 33.3 Å². The van der Waals surface area contributed by atoms with Crippen LogP contribution in [0.1, 0.15) is 36.9 Å². The monoisotopic (exact) mass is 415 g/mol. The van der Waals surface area contributed by atoms with Crippen molar-refractivity contribution in [1.29, 1.82) is 0 Å². The number of hydrogen-bond donors (Lipinski definition) is 2. The van der Waals surface area contributed by atoms with Gasteiger partial charge in [-0.05, 0) is 62.2 Å². The van der Waals surface area contributed by atoms with Gasteiger partial charge >= 0.3 is 0 Å². The van der Waals surface area contributed by atoms with Crippen LogP contribution in [0.3, 0.4) is 0 Å². The number of likely N-dealkylation sites (tertiary alicyclic amines) is 1. The summed E-state index contributed by atoms with van der Waals surface area (Å²) in [5, 5.41) is 7.35. The zero-order valence-corrected chi connectivity index (χ0v) is 18.0. The Balaban J connectivity index is 1.70. The van der Waals surface area contributed by atoms with E-state index in [1.54, 1.807) is 19.4 Å². The summed E-state index contributed by atoms with van der Waals surface area (Å²) in [4.78, 5) is 11.4. The smallest absolute Gasteiger partial charge is 0.191 e. The van der Waals surface area contributed by atoms with Crippen molar-refractivity contribution in [3.63, 3.8) is 0 Å². The van der Waals surface area contributed by atoms with E-state index >= 15 is 0 Å². The van der Waals surface area contributed by atoms with Crippen LogP contribution in [0.5, 0.6) is 5.75 Å². The molecule has 2 N–H and O–H groups in total. The summed E-state index contributed by atoms with van der Waals surface area (Å²) >= 11 is 5.87. The Hall–Kier alpha value is -2.31. The average Bonchev–Trinajstić information content (AvgIpc) is 3.28. The molecular formula is C22H30ClN5O. The van der Waals surface area contributed by atoms with E-state index in [1.807, 2.05) is 12.1 Å². The molecule has 1 aliphatic heterocycles. The number of aromatic nitrogens is 1. The number of benzene rings is 1. The lowest BCUT2D eigenvalue weighted by Crippen LogP contribution is -2.42. The Morgan fingerprint density at radius 3 is 2.76 bits per heavy atom. The fourth-order valence-corrected chi connectivity index (χ4v) is 3.68. The van der Waals surface area contributed by atoms with E-state index < -0.39 is 0 Å². The normalized spacial score (nSPS) is 15.9. The van der Waals surface area contributed by atoms with Gasteiger partial charge in [-0.1, -0.05) is 29.8 Å². The van der Waals surface area contributed by atoms with Crippen LogP contribution in [-0.4, -0.2) is 49.1 Å². The molecule has 1 unspecified atom stereocenters. The Morgan fingerprint density at radius 1 is 1.24 bits per heavy atom. The zero-order chi connectivity index (χ0) is 20.5. The molecule has 1 fully saturated rings. The molecule has 1 aliphatic rings. The highest BCUT2D eigenvalue weighted by molar-refractivity contribution is 6.29. The van der Waals surface area contributed by atoms with E-state index in [4.69, 9.17) is 21.3 Å². The van der Waals surface area contributed by atoms with Crippen LogP contribution in [0, 0.1) is 0 Å². The highest BCUT2D eigenvalue weighted by Crippen LogP contribution is 2.27. The van der Waals surface area contributed by atoms with Crippen LogP contribution in [0.15, 0.2) is 47.6 Å². The molecule has 0 amide bonds. The van der Waals surface area contributed by atoms with Crippen molar-refractivity contribution >= 4 is 17.6 Å². The second-order valence-corrected chi connectivity index (χ2v) is 7.49. The highest BCUT2D eigenvalue weighted by atomic mass is 35.5. The van der Waals surface area contributed by atoms with Gasteiger partial charge in [0.1, 0.15) is 10.9 Å². The minimum Gasteiger partial charge on any atom is -0.497 e. The Bertz CT molecular complexity index is 790. The number of hydrogen-bond acceptors (Lipinski definition) is 4. The van der Waals surface area contributed by atoms with Gasteiger partial charge in [-0.2, -0.15) is 0 Å². The maximum atomic E-state index is 5.87. The van der Waals surface area contributed by atoms with Crippen LogP contribution < -0.4 is 15.4 Å². The molecule has 0 saturated carbocycles. The second kappa shape index (κ2) is 11.0. The summed E-state index contributed by atoms with van der Waals surface area (Å²) in [6.07, 6.45) is 4.26. The van der Waals surface area contributed by atoms with Gasteiger partial charge in [0.15, 0.2) is 5.96 Å². The molecule has 2 aromatic rings. The van der Waals surface area contributed by atoms with E-state index in [0.29, 0.717) is 11.7 Å². The Morgan fingerprint density at radius 2 is 2.07 bits per heavy atom. The van der Waals surface area contributed by atoms with Crippen molar-refractivity contribution in [1.82, 2.24) is 20.5 Å². The standard InChI is InChI=1S/C22H30ClN5O/c1-3-24-22(26-15-17-9-10-21(23)25-14-17)27-16-20(28-11-4-5-12-28)18-7-6-8-19(13-18)29-2/h6-10,13-14,20H,3-5,11-12,15-16H2,1-2H3,(H2,24,26,27). The number of rotatable bonds is 8. The second-order valence-electron chi connectivity index (χ2n) is 7.10. The van der Waals surface area contributed by atoms with Gasteiger partial charge in [-0.3, -0.25) is 4.90 Å². The van der Waals surface area contributed by atoms with Gasteiger partial charge in [-0.15, -0.1) is 0 Å². The minimum atomic E-state index is 0.272. The maximum Gasteiger partial charge on any atom is 0.191 e. The van der Waals surface area contributed by atoms with Gasteiger partial charge in [-0.25, -0.2) is 9.98 Å². The first-order valence-corrected chi connectivity index (χ1v) is 10.6. The number of nitrogens with one attached hydrogen (secondary N) is 2. The van der Waals surface area contributed by atoms with Gasteiger partial charge in [0.05, 0.1) is 19.7 Å². The van der Waals surface area contributed by atoms with E-state index in [9.17, 15) is 0 Å². The topological polar surface area (TPSA) is 61.8 Å². The van der Waals surface area contributed by atoms with Crippen molar-refractivity contribution in [3.05, 3.63) is 58.9 Å². The molecule has 29 heavy (non-hydrogen) atoms. The first-order chi connectivity index (χ1) is 14.2. The van der Waals surface area contributed by atoms with Crippen LogP contribution in [0.4, 0.5) is 0 Å². The summed E-state index contributed by atoms with van der Waals surface area (Å²) < 4.78 is 5.44. The Kier molecular flexibility index (Phi) is 8.14. The van der Waals surface area contributed by atoms with Gasteiger partial charge < -0.3 is 15.4 Å². The quantitative estimate of drug-likeness (QED) is 0.391. The summed E-state index contributed by atoms with van der Waals surface area (Å²) in [5.41, 5.74) is 2.28. The third-order valence-corrected chi connectivity index (χ3v) is 5.30. The van der Waals surface area contributed by atoms with Crippen molar-refractivity contribution in [2.24, 2.45) is 4.99 Å². The summed E-state index contributed by atoms with van der Waals surface area (Å²) in [5.74, 6) is 1.69. The fourth-order valence-electron chi connectivity index (χ4n) is 3.57. The van der Waals surface area contributed by atoms with Gasteiger partial charge in [0.2, 0.25) is 0 Å². The van der Waals surface area contributed by atoms with E-state index in [2.05, 4.69) is 45.6 Å². The SMILES string of the molecule is CCNC(=NCc1ccc(Cl)nc1)NCC(c1cccc(OC)c1)N1CCCC1. The first-order valence-electron chi connectivity index (χ1n) is 10.2. The molecule has 0 spiro atoms. The van der Waals surface area contributed by atoms with Crippen LogP contribution in [-0.2, 0) is 6.54 Å². The number of pyridine rings is 1. The number of guanidine groups is 1. The molecule has 0 bridgehead atoms. The van der Waals surface area contributed by atoms with Gasteiger partial charge in [0.25, 0.3) is 0 Å². The number of halogens is 1. The third kappa shape index (κ3) is 6.34.